The predicted molar refractivity (Wildman–Crippen MR) is 120 cm³/mol. The second kappa shape index (κ2) is 7.41. The van der Waals surface area contributed by atoms with Gasteiger partial charge in [-0.25, -0.2) is 0 Å². The highest BCUT2D eigenvalue weighted by Gasteiger charge is 2.71. The zero-order valence-electron chi connectivity index (χ0n) is 20.4. The number of fused-ring (bicyclic) bond motifs is 3. The van der Waals surface area contributed by atoms with Gasteiger partial charge in [0.15, 0.2) is 0 Å². The van der Waals surface area contributed by atoms with Gasteiger partial charge in [0.2, 0.25) is 5.91 Å². The second-order valence-corrected chi connectivity index (χ2v) is 11.9. The lowest BCUT2D eigenvalue weighted by molar-refractivity contribution is -0.324. The minimum atomic E-state index is -0.493. The van der Waals surface area contributed by atoms with Crippen LogP contribution in [0.3, 0.4) is 0 Å². The molecule has 10 atom stereocenters. The summed E-state index contributed by atoms with van der Waals surface area (Å²) in [6, 6.07) is 0. The molecule has 0 aromatic rings. The summed E-state index contributed by atoms with van der Waals surface area (Å²) in [4.78, 5) is 17.8. The van der Waals surface area contributed by atoms with Crippen molar-refractivity contribution in [3.63, 3.8) is 0 Å². The van der Waals surface area contributed by atoms with Gasteiger partial charge in [-0.1, -0.05) is 32.9 Å². The van der Waals surface area contributed by atoms with E-state index in [9.17, 15) is 9.90 Å². The standard InChI is InChI=1S/C25H40N2O5/c1-13-7-8-19-23(2,3)21(27-31-6)18(30-5)11-25(19)24(13,4)10-15-17(28)9-14-16(20(15)32-25)12-26-22(14)29/h13-20,28H,7-12H2,1-6H3,(H,26,29). The number of rotatable bonds is 2. The van der Waals surface area contributed by atoms with Gasteiger partial charge in [0.25, 0.3) is 0 Å². The number of ether oxygens (including phenoxy) is 2. The molecule has 3 saturated carbocycles. The molecule has 2 heterocycles. The fourth-order valence-electron chi connectivity index (χ4n) is 8.62. The normalized spacial score (nSPS) is 53.0. The highest BCUT2D eigenvalue weighted by molar-refractivity contribution is 5.94. The highest BCUT2D eigenvalue weighted by atomic mass is 16.6. The number of carbonyl (C=O) groups is 1. The fraction of sp³-hybridized carbons (Fsp3) is 0.920. The van der Waals surface area contributed by atoms with Gasteiger partial charge in [0, 0.05) is 48.7 Å². The number of amides is 1. The molecule has 0 aromatic carbocycles. The molecular weight excluding hydrogens is 408 g/mol. The van der Waals surface area contributed by atoms with E-state index in [1.54, 1.807) is 14.2 Å². The van der Waals surface area contributed by atoms with Crippen molar-refractivity contribution in [2.75, 3.05) is 20.8 Å². The van der Waals surface area contributed by atoms with Crippen LogP contribution in [-0.2, 0) is 19.1 Å². The number of carbonyl (C=O) groups excluding carboxylic acids is 1. The molecule has 1 amide bonds. The van der Waals surface area contributed by atoms with E-state index in [1.165, 1.54) is 0 Å². The van der Waals surface area contributed by atoms with E-state index in [0.29, 0.717) is 18.9 Å². The summed E-state index contributed by atoms with van der Waals surface area (Å²) in [6.07, 6.45) is 3.62. The zero-order valence-corrected chi connectivity index (χ0v) is 20.4. The van der Waals surface area contributed by atoms with Gasteiger partial charge in [0.1, 0.15) is 13.2 Å². The third kappa shape index (κ3) is 2.76. The minimum Gasteiger partial charge on any atom is -0.399 e. The number of hydrogen-bond donors (Lipinski definition) is 2. The Bertz CT molecular complexity index is 814. The maximum Gasteiger partial charge on any atom is 0.223 e. The Morgan fingerprint density at radius 1 is 1.16 bits per heavy atom. The Morgan fingerprint density at radius 2 is 1.91 bits per heavy atom. The summed E-state index contributed by atoms with van der Waals surface area (Å²) in [6.45, 7) is 9.91. The van der Waals surface area contributed by atoms with Crippen molar-refractivity contribution in [2.24, 2.45) is 45.6 Å². The Balaban J connectivity index is 1.62. The number of nitrogens with one attached hydrogen (secondary N) is 1. The zero-order chi connectivity index (χ0) is 23.1. The van der Waals surface area contributed by atoms with Gasteiger partial charge in [-0.05, 0) is 37.5 Å². The Kier molecular flexibility index (Phi) is 5.23. The van der Waals surface area contributed by atoms with Gasteiger partial charge in [-0.15, -0.1) is 0 Å². The molecule has 3 aliphatic carbocycles. The highest BCUT2D eigenvalue weighted by Crippen LogP contribution is 2.68. The fourth-order valence-corrected chi connectivity index (χ4v) is 8.62. The quantitative estimate of drug-likeness (QED) is 0.634. The smallest absolute Gasteiger partial charge is 0.223 e. The number of aliphatic hydroxyl groups is 1. The molecule has 32 heavy (non-hydrogen) atoms. The van der Waals surface area contributed by atoms with Gasteiger partial charge >= 0.3 is 0 Å². The summed E-state index contributed by atoms with van der Waals surface area (Å²) < 4.78 is 13.4. The van der Waals surface area contributed by atoms with Crippen molar-refractivity contribution in [1.82, 2.24) is 5.32 Å². The van der Waals surface area contributed by atoms with Gasteiger partial charge in [-0.3, -0.25) is 4.79 Å². The first-order valence-corrected chi connectivity index (χ1v) is 12.4. The average Bonchev–Trinajstić information content (AvgIpc) is 3.11. The number of hydrogen-bond acceptors (Lipinski definition) is 6. The summed E-state index contributed by atoms with van der Waals surface area (Å²) in [5.74, 6) is 0.864. The first kappa shape index (κ1) is 22.6. The maximum absolute atomic E-state index is 12.5. The topological polar surface area (TPSA) is 89.4 Å². The summed E-state index contributed by atoms with van der Waals surface area (Å²) in [5.41, 5.74) is 0.225. The van der Waals surface area contributed by atoms with E-state index < -0.39 is 11.7 Å². The molecule has 10 unspecified atom stereocenters. The first-order valence-electron chi connectivity index (χ1n) is 12.4. The molecule has 5 rings (SSSR count). The molecule has 2 saturated heterocycles. The molecule has 7 nitrogen and oxygen atoms in total. The van der Waals surface area contributed by atoms with E-state index >= 15 is 0 Å². The number of nitrogens with zero attached hydrogens (tertiary/aromatic N) is 1. The van der Waals surface area contributed by atoms with E-state index in [4.69, 9.17) is 14.3 Å². The lowest BCUT2D eigenvalue weighted by atomic mass is 9.42. The van der Waals surface area contributed by atoms with Gasteiger partial charge in [-0.2, -0.15) is 0 Å². The summed E-state index contributed by atoms with van der Waals surface area (Å²) >= 11 is 0. The second-order valence-electron chi connectivity index (χ2n) is 11.9. The van der Waals surface area contributed by atoms with Crippen LogP contribution < -0.4 is 5.32 Å². The Hall–Kier alpha value is -1.18. The maximum atomic E-state index is 12.5. The lowest BCUT2D eigenvalue weighted by Gasteiger charge is -2.70. The Morgan fingerprint density at radius 3 is 2.59 bits per heavy atom. The molecule has 0 aromatic heterocycles. The van der Waals surface area contributed by atoms with E-state index in [2.05, 4.69) is 38.2 Å². The molecule has 0 bridgehead atoms. The molecule has 1 spiro atoms. The first-order chi connectivity index (χ1) is 15.1. The summed E-state index contributed by atoms with van der Waals surface area (Å²) in [5, 5.41) is 18.6. The third-order valence-corrected chi connectivity index (χ3v) is 10.5. The van der Waals surface area contributed by atoms with Crippen molar-refractivity contribution in [3.05, 3.63) is 0 Å². The largest absolute Gasteiger partial charge is 0.399 e. The van der Waals surface area contributed by atoms with Crippen LogP contribution in [0, 0.1) is 40.4 Å². The molecule has 7 heteroatoms. The third-order valence-electron chi connectivity index (χ3n) is 10.5. The molecule has 2 aliphatic heterocycles. The van der Waals surface area contributed by atoms with E-state index in [-0.39, 0.29) is 52.6 Å². The monoisotopic (exact) mass is 448 g/mol. The van der Waals surface area contributed by atoms with Crippen LogP contribution in [0.2, 0.25) is 0 Å². The van der Waals surface area contributed by atoms with Crippen LogP contribution in [0.15, 0.2) is 5.16 Å². The van der Waals surface area contributed by atoms with Gasteiger partial charge < -0.3 is 24.7 Å². The molecule has 2 N–H and O–H groups in total. The predicted octanol–water partition coefficient (Wildman–Crippen LogP) is 2.76. The average molecular weight is 449 g/mol. The van der Waals surface area contributed by atoms with Crippen LogP contribution in [0.4, 0.5) is 0 Å². The minimum absolute atomic E-state index is 0.0684. The lowest BCUT2D eigenvalue weighted by Crippen LogP contribution is -2.74. The van der Waals surface area contributed by atoms with Crippen LogP contribution >= 0.6 is 0 Å². The van der Waals surface area contributed by atoms with Gasteiger partial charge in [0.05, 0.1) is 23.5 Å². The van der Waals surface area contributed by atoms with Crippen LogP contribution in [-0.4, -0.2) is 61.4 Å². The number of oxime groups is 1. The van der Waals surface area contributed by atoms with E-state index in [1.807, 2.05) is 0 Å². The molecule has 5 fully saturated rings. The van der Waals surface area contributed by atoms with Crippen LogP contribution in [0.5, 0.6) is 0 Å². The summed E-state index contributed by atoms with van der Waals surface area (Å²) in [7, 11) is 3.35. The van der Waals surface area contributed by atoms with Crippen LogP contribution in [0.25, 0.3) is 0 Å². The SMILES string of the molecule is CON=C1C(OC)CC23OC4C(CC2(C)C(C)CCC3C1(C)C)C(O)CC1C(=O)NCC14. The van der Waals surface area contributed by atoms with Crippen molar-refractivity contribution < 1.29 is 24.2 Å². The van der Waals surface area contributed by atoms with Crippen molar-refractivity contribution >= 4 is 11.6 Å². The molecule has 0 radical (unpaired) electrons. The molecule has 5 aliphatic rings. The van der Waals surface area contributed by atoms with Crippen molar-refractivity contribution in [1.29, 1.82) is 0 Å². The Labute approximate surface area is 191 Å². The molecule has 180 valence electrons. The van der Waals surface area contributed by atoms with E-state index in [0.717, 1.165) is 31.4 Å². The van der Waals surface area contributed by atoms with Crippen molar-refractivity contribution in [2.45, 2.75) is 83.7 Å². The number of aliphatic hydroxyl groups excluding tert-OH is 1. The molecular formula is C25H40N2O5. The number of methoxy groups -OCH3 is 1. The van der Waals surface area contributed by atoms with Crippen molar-refractivity contribution in [3.8, 4) is 0 Å². The van der Waals surface area contributed by atoms with Crippen LogP contribution in [0.1, 0.15) is 59.8 Å².